The molecule has 0 fully saturated rings. The monoisotopic (exact) mass is 482 g/mol. The van der Waals surface area contributed by atoms with Gasteiger partial charge < -0.3 is 19.0 Å². The molecule has 0 unspecified atom stereocenters. The fourth-order valence-corrected chi connectivity index (χ4v) is 5.78. The van der Waals surface area contributed by atoms with Crippen LogP contribution in [0.3, 0.4) is 0 Å². The average Bonchev–Trinajstić information content (AvgIpc) is 2.83. The summed E-state index contributed by atoms with van der Waals surface area (Å²) in [5, 5.41) is 11.7. The van der Waals surface area contributed by atoms with Gasteiger partial charge in [-0.2, -0.15) is 0 Å². The number of ketones is 1. The van der Waals surface area contributed by atoms with Gasteiger partial charge in [0, 0.05) is 23.0 Å². The van der Waals surface area contributed by atoms with Gasteiger partial charge in [-0.05, 0) is 57.5 Å². The number of Topliss-reactive ketones (excluding diaryl/α,β-unsaturated/α-hetero) is 1. The van der Waals surface area contributed by atoms with E-state index in [1.807, 2.05) is 44.2 Å². The minimum Gasteiger partial charge on any atom is -0.507 e. The summed E-state index contributed by atoms with van der Waals surface area (Å²) in [5.74, 6) is 0.662. The Morgan fingerprint density at radius 3 is 2.44 bits per heavy atom. The van der Waals surface area contributed by atoms with Crippen LogP contribution in [0.4, 0.5) is 0 Å². The fraction of sp³-hybridized carbons (Fsp3) is 0.267. The summed E-state index contributed by atoms with van der Waals surface area (Å²) in [6.07, 6.45) is 0. The number of aromatic hydroxyl groups is 1. The fourth-order valence-electron chi connectivity index (χ4n) is 5.78. The van der Waals surface area contributed by atoms with Crippen LogP contribution in [0, 0.1) is 12.8 Å². The Bertz CT molecular complexity index is 1610. The third-order valence-corrected chi connectivity index (χ3v) is 7.56. The highest BCUT2D eigenvalue weighted by Crippen LogP contribution is 2.57. The van der Waals surface area contributed by atoms with Crippen LogP contribution in [0.5, 0.6) is 17.2 Å². The normalized spacial score (nSPS) is 19.4. The molecule has 2 aliphatic rings. The first-order valence-electron chi connectivity index (χ1n) is 12.0. The lowest BCUT2D eigenvalue weighted by Crippen LogP contribution is -2.49. The summed E-state index contributed by atoms with van der Waals surface area (Å²) < 4.78 is 18.9. The lowest BCUT2D eigenvalue weighted by atomic mass is 9.69. The van der Waals surface area contributed by atoms with Gasteiger partial charge in [-0.25, -0.2) is 0 Å². The average molecular weight is 483 g/mol. The maximum Gasteiger partial charge on any atom is 0.200 e. The minimum absolute atomic E-state index is 0.102. The molecule has 3 aromatic carbocycles. The van der Waals surface area contributed by atoms with Crippen molar-refractivity contribution in [1.82, 2.24) is 0 Å². The Kier molecular flexibility index (Phi) is 4.80. The first-order chi connectivity index (χ1) is 17.2. The van der Waals surface area contributed by atoms with Crippen LogP contribution in [0.15, 0.2) is 63.8 Å². The van der Waals surface area contributed by atoms with E-state index in [4.69, 9.17) is 13.9 Å². The van der Waals surface area contributed by atoms with Gasteiger partial charge in [-0.1, -0.05) is 30.3 Å². The quantitative estimate of drug-likeness (QED) is 0.353. The third-order valence-electron chi connectivity index (χ3n) is 7.56. The highest BCUT2D eigenvalue weighted by Gasteiger charge is 2.50. The minimum atomic E-state index is -0.638. The van der Waals surface area contributed by atoms with Gasteiger partial charge in [0.05, 0.1) is 23.1 Å². The third kappa shape index (κ3) is 3.10. The number of carbonyl (C=O) groups is 1. The molecule has 3 heterocycles. The Hall–Kier alpha value is -4.06. The molecule has 6 heteroatoms. The molecule has 0 saturated heterocycles. The van der Waals surface area contributed by atoms with Crippen LogP contribution >= 0.6 is 0 Å². The van der Waals surface area contributed by atoms with Crippen molar-refractivity contribution in [2.24, 2.45) is 5.92 Å². The summed E-state index contributed by atoms with van der Waals surface area (Å²) in [4.78, 5) is 26.0. The Morgan fingerprint density at radius 1 is 1.00 bits per heavy atom. The number of hydrogen-bond donors (Lipinski definition) is 1. The van der Waals surface area contributed by atoms with Gasteiger partial charge in [0.25, 0.3) is 0 Å². The molecule has 6 nitrogen and oxygen atoms in total. The highest BCUT2D eigenvalue weighted by atomic mass is 16.5. The first-order valence-corrected chi connectivity index (χ1v) is 12.0. The molecule has 182 valence electrons. The van der Waals surface area contributed by atoms with Crippen LogP contribution in [-0.2, 0) is 0 Å². The van der Waals surface area contributed by atoms with Crippen molar-refractivity contribution in [3.63, 3.8) is 0 Å². The summed E-state index contributed by atoms with van der Waals surface area (Å²) in [6, 6.07) is 16.3. The van der Waals surface area contributed by atoms with Crippen molar-refractivity contribution < 1.29 is 23.8 Å². The van der Waals surface area contributed by atoms with Gasteiger partial charge in [-0.3, -0.25) is 9.59 Å². The van der Waals surface area contributed by atoms with E-state index in [9.17, 15) is 14.7 Å². The topological polar surface area (TPSA) is 86.0 Å². The molecular formula is C30H26O6. The van der Waals surface area contributed by atoms with Crippen LogP contribution < -0.4 is 14.9 Å². The summed E-state index contributed by atoms with van der Waals surface area (Å²) in [6.45, 7) is 7.53. The molecule has 0 amide bonds. The first kappa shape index (κ1) is 22.4. The van der Waals surface area contributed by atoms with E-state index < -0.39 is 11.5 Å². The predicted octanol–water partition coefficient (Wildman–Crippen LogP) is 5.99. The van der Waals surface area contributed by atoms with Gasteiger partial charge in [-0.15, -0.1) is 0 Å². The summed E-state index contributed by atoms with van der Waals surface area (Å²) >= 11 is 0. The number of aryl methyl sites for hydroxylation is 1. The molecule has 6 rings (SSSR count). The van der Waals surface area contributed by atoms with Crippen molar-refractivity contribution in [3.8, 4) is 28.4 Å². The summed E-state index contributed by atoms with van der Waals surface area (Å²) in [7, 11) is 0. The molecule has 0 radical (unpaired) electrons. The van der Waals surface area contributed by atoms with Gasteiger partial charge in [0.1, 0.15) is 34.2 Å². The van der Waals surface area contributed by atoms with Crippen molar-refractivity contribution in [3.05, 3.63) is 87.3 Å². The zero-order chi connectivity index (χ0) is 25.4. The van der Waals surface area contributed by atoms with E-state index in [0.717, 1.165) is 5.56 Å². The molecule has 4 aromatic rings. The maximum absolute atomic E-state index is 13.8. The van der Waals surface area contributed by atoms with E-state index in [1.165, 1.54) is 6.92 Å². The molecule has 0 bridgehead atoms. The second-order valence-corrected chi connectivity index (χ2v) is 10.1. The van der Waals surface area contributed by atoms with E-state index in [-0.39, 0.29) is 28.4 Å². The second-order valence-electron chi connectivity index (χ2n) is 10.1. The molecule has 2 aliphatic heterocycles. The Balaban J connectivity index is 1.69. The zero-order valence-electron chi connectivity index (χ0n) is 20.5. The maximum atomic E-state index is 13.8. The molecule has 1 aromatic heterocycles. The predicted molar refractivity (Wildman–Crippen MR) is 136 cm³/mol. The van der Waals surface area contributed by atoms with Crippen LogP contribution in [0.25, 0.3) is 22.1 Å². The summed E-state index contributed by atoms with van der Waals surface area (Å²) in [5.41, 5.74) is 2.42. The van der Waals surface area contributed by atoms with Gasteiger partial charge >= 0.3 is 0 Å². The number of benzene rings is 3. The molecular weight excluding hydrogens is 456 g/mol. The number of hydrogen-bond acceptors (Lipinski definition) is 6. The second kappa shape index (κ2) is 7.72. The number of phenolic OH excluding ortho intramolecular Hbond substituents is 1. The lowest BCUT2D eigenvalue weighted by Gasteiger charge is -2.47. The van der Waals surface area contributed by atoms with E-state index >= 15 is 0 Å². The van der Waals surface area contributed by atoms with Gasteiger partial charge in [0.15, 0.2) is 5.78 Å². The van der Waals surface area contributed by atoms with E-state index in [1.54, 1.807) is 31.2 Å². The van der Waals surface area contributed by atoms with E-state index in [0.29, 0.717) is 51.5 Å². The van der Waals surface area contributed by atoms with Crippen molar-refractivity contribution in [1.29, 1.82) is 0 Å². The van der Waals surface area contributed by atoms with E-state index in [2.05, 4.69) is 0 Å². The highest BCUT2D eigenvalue weighted by molar-refractivity contribution is 5.98. The molecule has 0 saturated carbocycles. The molecule has 0 aliphatic carbocycles. The molecule has 2 atom stereocenters. The van der Waals surface area contributed by atoms with Crippen molar-refractivity contribution in [2.45, 2.75) is 39.2 Å². The van der Waals surface area contributed by atoms with Crippen LogP contribution in [0.1, 0.15) is 53.9 Å². The molecule has 36 heavy (non-hydrogen) atoms. The largest absolute Gasteiger partial charge is 0.507 e. The Labute approximate surface area is 208 Å². The van der Waals surface area contributed by atoms with Crippen molar-refractivity contribution in [2.75, 3.05) is 6.61 Å². The number of phenols is 1. The SMILES string of the molecule is CC(=O)c1ccc2c(c1O)[C@@H]1c3c(ccc4c(=O)c(-c5ccccc5)c(C)oc34)OC[C@@H]1C(C)(C)O2. The van der Waals surface area contributed by atoms with Crippen LogP contribution in [0.2, 0.25) is 0 Å². The zero-order valence-corrected chi connectivity index (χ0v) is 20.5. The van der Waals surface area contributed by atoms with Crippen molar-refractivity contribution >= 4 is 16.8 Å². The standard InChI is InChI=1S/C30H26O6/c1-15(31)18-10-13-22-25(27(18)32)24-20(30(3,4)36-22)14-34-21-12-11-19-28(33)23(17-8-6-5-7-9-17)16(2)35-29(19)26(21)24/h5-13,20,24,32H,14H2,1-4H3/t20-,24+/m0/s1. The number of fused-ring (bicyclic) bond motifs is 7. The number of ether oxygens (including phenoxy) is 2. The number of rotatable bonds is 2. The smallest absolute Gasteiger partial charge is 0.200 e. The molecule has 1 N–H and O–H groups in total. The lowest BCUT2D eigenvalue weighted by molar-refractivity contribution is -0.0142. The van der Waals surface area contributed by atoms with Crippen LogP contribution in [-0.4, -0.2) is 23.1 Å². The molecule has 0 spiro atoms. The Morgan fingerprint density at radius 2 is 1.72 bits per heavy atom. The number of carbonyl (C=O) groups excluding carboxylic acids is 1. The van der Waals surface area contributed by atoms with Gasteiger partial charge in [0.2, 0.25) is 5.43 Å².